The molecule has 2 N–H and O–H groups in total. The first kappa shape index (κ1) is 19.6. The number of furan rings is 1. The molecular formula is C24H30N3O2+. The van der Waals surface area contributed by atoms with Gasteiger partial charge in [0.15, 0.2) is 11.8 Å². The molecule has 0 spiro atoms. The molecule has 0 unspecified atom stereocenters. The number of pyridine rings is 1. The quantitative estimate of drug-likeness (QED) is 0.678. The number of hydrogen-bond acceptors (Lipinski definition) is 3. The molecule has 0 bridgehead atoms. The summed E-state index contributed by atoms with van der Waals surface area (Å²) in [5.41, 5.74) is 4.09. The van der Waals surface area contributed by atoms with Crippen molar-refractivity contribution < 1.29 is 14.1 Å². The second kappa shape index (κ2) is 8.78. The Hall–Kier alpha value is -2.66. The number of fused-ring (bicyclic) bond motifs is 1. The van der Waals surface area contributed by atoms with Crippen LogP contribution in [-0.4, -0.2) is 30.5 Å². The number of aryl methyl sites for hydroxylation is 2. The molecule has 1 fully saturated rings. The van der Waals surface area contributed by atoms with Crippen LogP contribution in [0, 0.1) is 13.8 Å². The van der Waals surface area contributed by atoms with Crippen molar-refractivity contribution in [3.05, 3.63) is 65.2 Å². The van der Waals surface area contributed by atoms with Gasteiger partial charge < -0.3 is 14.6 Å². The number of carbonyl (C=O) groups is 1. The number of benzene rings is 1. The summed E-state index contributed by atoms with van der Waals surface area (Å²) in [5, 5.41) is 4.29. The van der Waals surface area contributed by atoms with E-state index >= 15 is 0 Å². The van der Waals surface area contributed by atoms with E-state index in [4.69, 9.17) is 9.40 Å². The van der Waals surface area contributed by atoms with E-state index in [0.717, 1.165) is 46.6 Å². The maximum atomic E-state index is 12.8. The number of amides is 1. The SMILES string of the molecule is Cc1nc2ccccc2c(C)c1CC(=O)NC[C@@H](c1ccco1)[NH+]1CCCCC1. The maximum absolute atomic E-state index is 12.8. The smallest absolute Gasteiger partial charge is 0.224 e. The zero-order chi connectivity index (χ0) is 20.2. The molecule has 0 saturated carbocycles. The van der Waals surface area contributed by atoms with Crippen LogP contribution in [0.3, 0.4) is 0 Å². The summed E-state index contributed by atoms with van der Waals surface area (Å²) in [4.78, 5) is 19.0. The molecule has 1 atom stereocenters. The number of nitrogens with zero attached hydrogens (tertiary/aromatic N) is 1. The molecule has 1 aliphatic heterocycles. The summed E-state index contributed by atoms with van der Waals surface area (Å²) in [6.45, 7) is 6.94. The fraction of sp³-hybridized carbons (Fsp3) is 0.417. The van der Waals surface area contributed by atoms with E-state index in [9.17, 15) is 4.79 Å². The lowest BCUT2D eigenvalue weighted by atomic mass is 9.99. The summed E-state index contributed by atoms with van der Waals surface area (Å²) < 4.78 is 5.70. The first-order valence-corrected chi connectivity index (χ1v) is 10.6. The molecule has 3 aromatic rings. The Labute approximate surface area is 172 Å². The first-order chi connectivity index (χ1) is 14.1. The number of nitrogens with one attached hydrogen (secondary N) is 2. The van der Waals surface area contributed by atoms with Crippen molar-refractivity contribution in [3.63, 3.8) is 0 Å². The van der Waals surface area contributed by atoms with Crippen LogP contribution in [0.2, 0.25) is 0 Å². The number of quaternary nitrogens is 1. The topological polar surface area (TPSA) is 59.6 Å². The largest absolute Gasteiger partial charge is 0.463 e. The van der Waals surface area contributed by atoms with E-state index in [1.54, 1.807) is 6.26 Å². The van der Waals surface area contributed by atoms with Gasteiger partial charge in [0.25, 0.3) is 0 Å². The Balaban J connectivity index is 1.47. The van der Waals surface area contributed by atoms with Gasteiger partial charge in [-0.2, -0.15) is 0 Å². The van der Waals surface area contributed by atoms with Crippen molar-refractivity contribution in [1.29, 1.82) is 0 Å². The van der Waals surface area contributed by atoms with Gasteiger partial charge in [0.2, 0.25) is 5.91 Å². The van der Waals surface area contributed by atoms with Crippen molar-refractivity contribution in [2.24, 2.45) is 0 Å². The van der Waals surface area contributed by atoms with Gasteiger partial charge in [-0.25, -0.2) is 0 Å². The van der Waals surface area contributed by atoms with Gasteiger partial charge in [-0.1, -0.05) is 18.2 Å². The number of para-hydroxylation sites is 1. The minimum Gasteiger partial charge on any atom is -0.463 e. The molecule has 1 aliphatic rings. The molecule has 152 valence electrons. The third kappa shape index (κ3) is 4.35. The van der Waals surface area contributed by atoms with Gasteiger partial charge in [-0.15, -0.1) is 0 Å². The van der Waals surface area contributed by atoms with Crippen LogP contribution >= 0.6 is 0 Å². The summed E-state index contributed by atoms with van der Waals surface area (Å²) in [5.74, 6) is 1.00. The summed E-state index contributed by atoms with van der Waals surface area (Å²) in [7, 11) is 0. The monoisotopic (exact) mass is 392 g/mol. The van der Waals surface area contributed by atoms with Gasteiger partial charge in [-0.3, -0.25) is 9.78 Å². The highest BCUT2D eigenvalue weighted by Gasteiger charge is 2.28. The van der Waals surface area contributed by atoms with Crippen molar-refractivity contribution in [1.82, 2.24) is 10.3 Å². The van der Waals surface area contributed by atoms with Crippen LogP contribution < -0.4 is 10.2 Å². The molecule has 0 aliphatic carbocycles. The van der Waals surface area contributed by atoms with Gasteiger partial charge in [0.1, 0.15) is 0 Å². The lowest BCUT2D eigenvalue weighted by Crippen LogP contribution is -3.13. The lowest BCUT2D eigenvalue weighted by Gasteiger charge is -2.30. The number of rotatable bonds is 6. The van der Waals surface area contributed by atoms with Crippen LogP contribution in [0.25, 0.3) is 10.9 Å². The van der Waals surface area contributed by atoms with Crippen LogP contribution in [0.5, 0.6) is 0 Å². The molecule has 29 heavy (non-hydrogen) atoms. The van der Waals surface area contributed by atoms with E-state index in [1.165, 1.54) is 24.2 Å². The highest BCUT2D eigenvalue weighted by atomic mass is 16.3. The van der Waals surface area contributed by atoms with Crippen LogP contribution in [-0.2, 0) is 11.2 Å². The van der Waals surface area contributed by atoms with E-state index in [2.05, 4.69) is 18.3 Å². The number of aromatic nitrogens is 1. The highest BCUT2D eigenvalue weighted by Crippen LogP contribution is 2.23. The van der Waals surface area contributed by atoms with Crippen molar-refractivity contribution in [2.75, 3.05) is 19.6 Å². The summed E-state index contributed by atoms with van der Waals surface area (Å²) in [6, 6.07) is 12.2. The molecule has 1 saturated heterocycles. The van der Waals surface area contributed by atoms with Crippen molar-refractivity contribution in [2.45, 2.75) is 45.6 Å². The Morgan fingerprint density at radius 1 is 1.14 bits per heavy atom. The van der Waals surface area contributed by atoms with Crippen LogP contribution in [0.15, 0.2) is 47.1 Å². The molecule has 1 aromatic carbocycles. The zero-order valence-corrected chi connectivity index (χ0v) is 17.3. The van der Waals surface area contributed by atoms with Gasteiger partial charge >= 0.3 is 0 Å². The minimum absolute atomic E-state index is 0.0428. The Morgan fingerprint density at radius 2 is 1.93 bits per heavy atom. The second-order valence-corrected chi connectivity index (χ2v) is 8.09. The molecule has 3 heterocycles. The summed E-state index contributed by atoms with van der Waals surface area (Å²) in [6.07, 6.45) is 5.86. The molecule has 5 nitrogen and oxygen atoms in total. The average molecular weight is 393 g/mol. The maximum Gasteiger partial charge on any atom is 0.224 e. The molecular weight excluding hydrogens is 362 g/mol. The molecule has 5 heteroatoms. The zero-order valence-electron chi connectivity index (χ0n) is 17.3. The minimum atomic E-state index is 0.0428. The van der Waals surface area contributed by atoms with Crippen molar-refractivity contribution >= 4 is 16.8 Å². The first-order valence-electron chi connectivity index (χ1n) is 10.6. The van der Waals surface area contributed by atoms with E-state index in [1.807, 2.05) is 37.3 Å². The number of likely N-dealkylation sites (tertiary alicyclic amines) is 1. The fourth-order valence-corrected chi connectivity index (χ4v) is 4.56. The van der Waals surface area contributed by atoms with Gasteiger partial charge in [0.05, 0.1) is 37.8 Å². The lowest BCUT2D eigenvalue weighted by molar-refractivity contribution is -0.936. The Bertz CT molecular complexity index is 975. The van der Waals surface area contributed by atoms with Gasteiger partial charge in [0, 0.05) is 11.1 Å². The third-order valence-electron chi connectivity index (χ3n) is 6.20. The molecule has 4 rings (SSSR count). The van der Waals surface area contributed by atoms with E-state index < -0.39 is 0 Å². The molecule has 0 radical (unpaired) electrons. The standard InChI is InChI=1S/C24H29N3O2/c1-17-19-9-4-5-10-21(19)26-18(2)20(17)15-24(28)25-16-22(23-11-8-14-29-23)27-12-6-3-7-13-27/h4-5,8-11,14,22H,3,6-7,12-13,15-16H2,1-2H3,(H,25,28)/p+1/t22-/m0/s1. The predicted molar refractivity (Wildman–Crippen MR) is 114 cm³/mol. The number of hydrogen-bond donors (Lipinski definition) is 2. The van der Waals surface area contributed by atoms with Crippen LogP contribution in [0.4, 0.5) is 0 Å². The van der Waals surface area contributed by atoms with Gasteiger partial charge in [-0.05, 0) is 62.4 Å². The van der Waals surface area contributed by atoms with Crippen molar-refractivity contribution in [3.8, 4) is 0 Å². The normalized spacial score (nSPS) is 16.1. The second-order valence-electron chi connectivity index (χ2n) is 8.09. The third-order valence-corrected chi connectivity index (χ3v) is 6.20. The average Bonchev–Trinajstić information content (AvgIpc) is 3.27. The Morgan fingerprint density at radius 3 is 2.69 bits per heavy atom. The predicted octanol–water partition coefficient (Wildman–Crippen LogP) is 2.91. The van der Waals surface area contributed by atoms with Crippen LogP contribution in [0.1, 0.15) is 47.9 Å². The molecule has 1 amide bonds. The Kier molecular flexibility index (Phi) is 5.95. The summed E-state index contributed by atoms with van der Waals surface area (Å²) >= 11 is 0. The number of piperidine rings is 1. The van der Waals surface area contributed by atoms with E-state index in [-0.39, 0.29) is 11.9 Å². The van der Waals surface area contributed by atoms with E-state index in [0.29, 0.717) is 13.0 Å². The highest BCUT2D eigenvalue weighted by molar-refractivity contribution is 5.86. The molecule has 2 aromatic heterocycles. The number of carbonyl (C=O) groups excluding carboxylic acids is 1. The fourth-order valence-electron chi connectivity index (χ4n) is 4.56.